The Kier molecular flexibility index (Phi) is 5.30. The third-order valence-corrected chi connectivity index (χ3v) is 4.31. The van der Waals surface area contributed by atoms with Crippen LogP contribution in [0.25, 0.3) is 0 Å². The highest BCUT2D eigenvalue weighted by atomic mass is 32.2. The number of thioether (sulfide) groups is 1. The molecule has 0 bridgehead atoms. The Bertz CT molecular complexity index is 832. The summed E-state index contributed by atoms with van der Waals surface area (Å²) in [4.78, 5) is 30.9. The van der Waals surface area contributed by atoms with Crippen molar-refractivity contribution in [2.75, 3.05) is 11.5 Å². The highest BCUT2D eigenvalue weighted by Crippen LogP contribution is 2.36. The Morgan fingerprint density at radius 2 is 1.76 bits per heavy atom. The van der Waals surface area contributed by atoms with E-state index in [4.69, 9.17) is 4.74 Å². The highest BCUT2D eigenvalue weighted by Gasteiger charge is 2.35. The molecule has 0 N–H and O–H groups in total. The van der Waals surface area contributed by atoms with E-state index in [9.17, 15) is 9.59 Å². The van der Waals surface area contributed by atoms with Crippen molar-refractivity contribution in [1.29, 1.82) is 0 Å². The van der Waals surface area contributed by atoms with E-state index in [0.717, 1.165) is 17.4 Å². The van der Waals surface area contributed by atoms with E-state index in [2.05, 4.69) is 4.99 Å². The molecule has 1 aliphatic heterocycles. The number of aliphatic imine (C=N–C) groups is 1. The van der Waals surface area contributed by atoms with Crippen LogP contribution in [0.1, 0.15) is 6.92 Å². The summed E-state index contributed by atoms with van der Waals surface area (Å²) < 4.78 is 4.91. The van der Waals surface area contributed by atoms with Crippen molar-refractivity contribution in [3.8, 4) is 0 Å². The Hall–Kier alpha value is -2.86. The second-order valence-electron chi connectivity index (χ2n) is 5.07. The topological polar surface area (TPSA) is 59.0 Å². The van der Waals surface area contributed by atoms with E-state index >= 15 is 0 Å². The summed E-state index contributed by atoms with van der Waals surface area (Å²) in [5, 5.41) is 0.498. The van der Waals surface area contributed by atoms with Crippen LogP contribution in [-0.4, -0.2) is 23.7 Å². The summed E-state index contributed by atoms with van der Waals surface area (Å²) >= 11 is 1.16. The fourth-order valence-electron chi connectivity index (χ4n) is 2.26. The maximum Gasteiger partial charge on any atom is 0.332 e. The predicted molar refractivity (Wildman–Crippen MR) is 99.8 cm³/mol. The molecule has 3 rings (SSSR count). The third kappa shape index (κ3) is 3.97. The van der Waals surface area contributed by atoms with Gasteiger partial charge in [0.25, 0.3) is 5.91 Å². The molecular formula is C19H16N2O3S. The van der Waals surface area contributed by atoms with Crippen molar-refractivity contribution in [2.45, 2.75) is 6.92 Å². The maximum absolute atomic E-state index is 12.8. The van der Waals surface area contributed by atoms with E-state index in [-0.39, 0.29) is 17.4 Å². The SMILES string of the molecule is CCOC(=O)/C=C1\SC(=Nc2ccccc2)N(c2ccccc2)C1=O. The Morgan fingerprint density at radius 3 is 2.40 bits per heavy atom. The van der Waals surface area contributed by atoms with Gasteiger partial charge in [-0.15, -0.1) is 0 Å². The summed E-state index contributed by atoms with van der Waals surface area (Å²) in [5.74, 6) is -0.828. The van der Waals surface area contributed by atoms with Gasteiger partial charge in [0.2, 0.25) is 0 Å². The van der Waals surface area contributed by atoms with Gasteiger partial charge in [-0.2, -0.15) is 0 Å². The number of nitrogens with zero attached hydrogens (tertiary/aromatic N) is 2. The molecule has 1 saturated heterocycles. The average Bonchev–Trinajstić information content (AvgIpc) is 2.92. The molecule has 2 aromatic carbocycles. The third-order valence-electron chi connectivity index (χ3n) is 3.34. The number of para-hydroxylation sites is 2. The lowest BCUT2D eigenvalue weighted by atomic mass is 10.3. The van der Waals surface area contributed by atoms with Crippen LogP contribution >= 0.6 is 11.8 Å². The molecule has 6 heteroatoms. The first kappa shape index (κ1) is 17.0. The predicted octanol–water partition coefficient (Wildman–Crippen LogP) is 3.90. The minimum atomic E-state index is -0.535. The van der Waals surface area contributed by atoms with Gasteiger partial charge in [0.05, 0.1) is 22.9 Å². The zero-order valence-corrected chi connectivity index (χ0v) is 14.4. The number of esters is 1. The molecule has 0 atom stereocenters. The molecule has 2 aromatic rings. The smallest absolute Gasteiger partial charge is 0.332 e. The van der Waals surface area contributed by atoms with Gasteiger partial charge in [0.1, 0.15) is 0 Å². The molecule has 1 amide bonds. The van der Waals surface area contributed by atoms with E-state index in [1.165, 1.54) is 11.0 Å². The maximum atomic E-state index is 12.8. The largest absolute Gasteiger partial charge is 0.463 e. The van der Waals surface area contributed by atoms with Crippen LogP contribution in [0.3, 0.4) is 0 Å². The van der Waals surface area contributed by atoms with Gasteiger partial charge in [-0.25, -0.2) is 9.79 Å². The van der Waals surface area contributed by atoms with Gasteiger partial charge in [-0.3, -0.25) is 9.69 Å². The van der Waals surface area contributed by atoms with Crippen LogP contribution in [0.15, 0.2) is 76.6 Å². The van der Waals surface area contributed by atoms with Crippen molar-refractivity contribution in [3.63, 3.8) is 0 Å². The lowest BCUT2D eigenvalue weighted by Gasteiger charge is -2.15. The van der Waals surface area contributed by atoms with Crippen molar-refractivity contribution in [3.05, 3.63) is 71.6 Å². The number of rotatable bonds is 4. The van der Waals surface area contributed by atoms with Gasteiger partial charge in [0, 0.05) is 6.08 Å². The van der Waals surface area contributed by atoms with E-state index in [1.807, 2.05) is 60.7 Å². The molecule has 0 spiro atoms. The molecule has 0 aliphatic carbocycles. The first-order valence-electron chi connectivity index (χ1n) is 7.78. The number of hydrogen-bond donors (Lipinski definition) is 0. The summed E-state index contributed by atoms with van der Waals surface area (Å²) in [5.41, 5.74) is 1.43. The Morgan fingerprint density at radius 1 is 1.12 bits per heavy atom. The summed E-state index contributed by atoms with van der Waals surface area (Å²) in [6, 6.07) is 18.6. The van der Waals surface area contributed by atoms with E-state index in [0.29, 0.717) is 10.9 Å². The van der Waals surface area contributed by atoms with Gasteiger partial charge in [0.15, 0.2) is 5.17 Å². The number of carbonyl (C=O) groups is 2. The molecule has 0 aromatic heterocycles. The number of anilines is 1. The zero-order chi connectivity index (χ0) is 17.6. The molecular weight excluding hydrogens is 336 g/mol. The minimum Gasteiger partial charge on any atom is -0.463 e. The number of amides is 1. The summed E-state index contributed by atoms with van der Waals surface area (Å²) in [6.07, 6.45) is 1.22. The molecule has 1 fully saturated rings. The van der Waals surface area contributed by atoms with Crippen LogP contribution in [-0.2, 0) is 14.3 Å². The first-order valence-corrected chi connectivity index (χ1v) is 8.60. The van der Waals surface area contributed by atoms with Gasteiger partial charge in [-0.1, -0.05) is 36.4 Å². The van der Waals surface area contributed by atoms with Crippen molar-refractivity contribution >= 4 is 40.2 Å². The van der Waals surface area contributed by atoms with E-state index in [1.54, 1.807) is 6.92 Å². The van der Waals surface area contributed by atoms with Crippen LogP contribution < -0.4 is 4.90 Å². The molecule has 1 heterocycles. The lowest BCUT2D eigenvalue weighted by Crippen LogP contribution is -2.28. The first-order chi connectivity index (χ1) is 12.2. The average molecular weight is 352 g/mol. The molecule has 5 nitrogen and oxygen atoms in total. The Labute approximate surface area is 150 Å². The molecule has 126 valence electrons. The zero-order valence-electron chi connectivity index (χ0n) is 13.6. The monoisotopic (exact) mass is 352 g/mol. The van der Waals surface area contributed by atoms with Crippen molar-refractivity contribution in [1.82, 2.24) is 0 Å². The molecule has 0 unspecified atom stereocenters. The molecule has 0 saturated carbocycles. The number of benzene rings is 2. The number of carbonyl (C=O) groups excluding carboxylic acids is 2. The van der Waals surface area contributed by atoms with E-state index < -0.39 is 5.97 Å². The standard InChI is InChI=1S/C19H16N2O3S/c1-2-24-17(22)13-16-18(23)21(15-11-7-4-8-12-15)19(25-16)20-14-9-5-3-6-10-14/h3-13H,2H2,1H3/b16-13-,20-19?. The minimum absolute atomic E-state index is 0.259. The van der Waals surface area contributed by atoms with Crippen LogP contribution in [0.4, 0.5) is 11.4 Å². The van der Waals surface area contributed by atoms with Crippen LogP contribution in [0.2, 0.25) is 0 Å². The molecule has 0 radical (unpaired) electrons. The van der Waals surface area contributed by atoms with Crippen molar-refractivity contribution < 1.29 is 14.3 Å². The lowest BCUT2D eigenvalue weighted by molar-refractivity contribution is -0.137. The highest BCUT2D eigenvalue weighted by molar-refractivity contribution is 8.19. The second kappa shape index (κ2) is 7.81. The van der Waals surface area contributed by atoms with Crippen molar-refractivity contribution in [2.24, 2.45) is 4.99 Å². The van der Waals surface area contributed by atoms with Gasteiger partial charge < -0.3 is 4.74 Å². The van der Waals surface area contributed by atoms with Crippen LogP contribution in [0, 0.1) is 0 Å². The quantitative estimate of drug-likeness (QED) is 0.618. The summed E-state index contributed by atoms with van der Waals surface area (Å²) in [6.45, 7) is 1.98. The van der Waals surface area contributed by atoms with Gasteiger partial charge in [-0.05, 0) is 43.0 Å². The normalized spacial score (nSPS) is 17.3. The molecule has 1 aliphatic rings. The second-order valence-corrected chi connectivity index (χ2v) is 6.08. The Balaban J connectivity index is 2.00. The molecule has 25 heavy (non-hydrogen) atoms. The number of hydrogen-bond acceptors (Lipinski definition) is 5. The number of ether oxygens (including phenoxy) is 1. The fraction of sp³-hybridized carbons (Fsp3) is 0.105. The summed E-state index contributed by atoms with van der Waals surface area (Å²) in [7, 11) is 0. The number of amidine groups is 1. The van der Waals surface area contributed by atoms with Crippen LogP contribution in [0.5, 0.6) is 0 Å². The van der Waals surface area contributed by atoms with Gasteiger partial charge >= 0.3 is 5.97 Å². The fourth-order valence-corrected chi connectivity index (χ4v) is 3.22.